The van der Waals surface area contributed by atoms with Gasteiger partial charge in [0.05, 0.1) is 6.10 Å². The summed E-state index contributed by atoms with van der Waals surface area (Å²) in [7, 11) is 0. The molecule has 0 bridgehead atoms. The summed E-state index contributed by atoms with van der Waals surface area (Å²) >= 11 is 0. The second-order valence-corrected chi connectivity index (χ2v) is 8.26. The molecule has 26 heavy (non-hydrogen) atoms. The van der Waals surface area contributed by atoms with Crippen molar-refractivity contribution in [3.8, 4) is 0 Å². The fourth-order valence-electron chi connectivity index (χ4n) is 4.24. The first-order chi connectivity index (χ1) is 12.6. The molecular formula is C20H35N3O3. The Bertz CT molecular complexity index is 487. The number of hydrogen-bond donors (Lipinski definition) is 2. The smallest absolute Gasteiger partial charge is 0.223 e. The highest BCUT2D eigenvalue weighted by molar-refractivity contribution is 5.79. The van der Waals surface area contributed by atoms with Gasteiger partial charge in [0.2, 0.25) is 11.8 Å². The summed E-state index contributed by atoms with van der Waals surface area (Å²) < 4.78 is 6.11. The van der Waals surface area contributed by atoms with E-state index in [0.29, 0.717) is 12.1 Å². The molecule has 0 spiro atoms. The summed E-state index contributed by atoms with van der Waals surface area (Å²) in [6.07, 6.45) is 8.19. The molecule has 3 fully saturated rings. The van der Waals surface area contributed by atoms with Crippen molar-refractivity contribution in [3.63, 3.8) is 0 Å². The number of nitrogens with zero attached hydrogens (tertiary/aromatic N) is 1. The molecule has 0 aromatic rings. The highest BCUT2D eigenvalue weighted by Gasteiger charge is 2.37. The third-order valence-electron chi connectivity index (χ3n) is 6.01. The number of piperidine rings is 1. The van der Waals surface area contributed by atoms with Gasteiger partial charge in [0.1, 0.15) is 0 Å². The molecule has 2 aliphatic carbocycles. The summed E-state index contributed by atoms with van der Waals surface area (Å²) in [6.45, 7) is 6.21. The van der Waals surface area contributed by atoms with Gasteiger partial charge in [-0.1, -0.05) is 6.92 Å². The molecule has 3 aliphatic rings. The van der Waals surface area contributed by atoms with Crippen LogP contribution in [0.5, 0.6) is 0 Å². The molecule has 1 saturated heterocycles. The molecule has 0 unspecified atom stereocenters. The summed E-state index contributed by atoms with van der Waals surface area (Å²) in [5.74, 6) is 0.508. The minimum atomic E-state index is 0.104. The summed E-state index contributed by atoms with van der Waals surface area (Å²) in [5, 5.41) is 6.96. The van der Waals surface area contributed by atoms with Crippen LogP contribution in [0.1, 0.15) is 65.2 Å². The van der Waals surface area contributed by atoms with E-state index in [1.807, 2.05) is 4.90 Å². The van der Waals surface area contributed by atoms with Crippen molar-refractivity contribution in [1.82, 2.24) is 15.5 Å². The Kier molecular flexibility index (Phi) is 6.92. The lowest BCUT2D eigenvalue weighted by Gasteiger charge is -2.40. The largest absolute Gasteiger partial charge is 0.377 e. The molecule has 148 valence electrons. The molecule has 1 aliphatic heterocycles. The van der Waals surface area contributed by atoms with Crippen molar-refractivity contribution in [2.45, 2.75) is 89.4 Å². The summed E-state index contributed by atoms with van der Waals surface area (Å²) in [4.78, 5) is 25.9. The molecule has 6 heteroatoms. The standard InChI is InChI=1S/C20H35N3O3/c1-3-12-26-19-7-4-15(20(25)22-16-5-6-16)13-18(19)21-17-8-10-23(11-9-17)14(2)24/h15-19,21H,3-13H2,1-2H3,(H,22,25)/t15-,18+,19+/m0/s1. The Hall–Kier alpha value is -1.14. The Morgan fingerprint density at radius 3 is 2.38 bits per heavy atom. The van der Waals surface area contributed by atoms with Gasteiger partial charge in [-0.3, -0.25) is 9.59 Å². The van der Waals surface area contributed by atoms with Crippen LogP contribution in [0.3, 0.4) is 0 Å². The molecule has 2 N–H and O–H groups in total. The average Bonchev–Trinajstić information content (AvgIpc) is 3.45. The first-order valence-corrected chi connectivity index (χ1v) is 10.5. The van der Waals surface area contributed by atoms with E-state index in [1.54, 1.807) is 6.92 Å². The lowest BCUT2D eigenvalue weighted by atomic mass is 9.82. The fourth-order valence-corrected chi connectivity index (χ4v) is 4.24. The van der Waals surface area contributed by atoms with Crippen molar-refractivity contribution >= 4 is 11.8 Å². The number of nitrogens with one attached hydrogen (secondary N) is 2. The minimum Gasteiger partial charge on any atom is -0.377 e. The van der Waals surface area contributed by atoms with E-state index in [-0.39, 0.29) is 29.9 Å². The quantitative estimate of drug-likeness (QED) is 0.722. The monoisotopic (exact) mass is 365 g/mol. The van der Waals surface area contributed by atoms with Crippen LogP contribution in [0, 0.1) is 5.92 Å². The molecule has 2 amide bonds. The van der Waals surface area contributed by atoms with Crippen LogP contribution in [-0.2, 0) is 14.3 Å². The number of likely N-dealkylation sites (tertiary alicyclic amines) is 1. The third kappa shape index (κ3) is 5.43. The predicted molar refractivity (Wildman–Crippen MR) is 101 cm³/mol. The van der Waals surface area contributed by atoms with Crippen molar-refractivity contribution in [1.29, 1.82) is 0 Å². The number of carbonyl (C=O) groups excluding carboxylic acids is 2. The molecule has 0 aromatic carbocycles. The van der Waals surface area contributed by atoms with E-state index < -0.39 is 0 Å². The van der Waals surface area contributed by atoms with E-state index in [2.05, 4.69) is 17.6 Å². The van der Waals surface area contributed by atoms with Crippen LogP contribution in [-0.4, -0.2) is 60.6 Å². The number of carbonyl (C=O) groups is 2. The Labute approximate surface area is 157 Å². The Morgan fingerprint density at radius 1 is 1.04 bits per heavy atom. The first kappa shape index (κ1) is 19.6. The SMILES string of the molecule is CCCO[C@@H]1CC[C@H](C(=O)NC2CC2)C[C@H]1NC1CCN(C(C)=O)CC1. The fraction of sp³-hybridized carbons (Fsp3) is 0.900. The lowest BCUT2D eigenvalue weighted by molar-refractivity contribution is -0.130. The van der Waals surface area contributed by atoms with Gasteiger partial charge in [-0.25, -0.2) is 0 Å². The second-order valence-electron chi connectivity index (χ2n) is 8.26. The number of rotatable bonds is 7. The Morgan fingerprint density at radius 2 is 1.77 bits per heavy atom. The van der Waals surface area contributed by atoms with Crippen LogP contribution in [0.4, 0.5) is 0 Å². The van der Waals surface area contributed by atoms with Crippen molar-refractivity contribution in [3.05, 3.63) is 0 Å². The zero-order chi connectivity index (χ0) is 18.5. The maximum absolute atomic E-state index is 12.5. The Balaban J connectivity index is 1.54. The van der Waals surface area contributed by atoms with Gasteiger partial charge in [-0.15, -0.1) is 0 Å². The van der Waals surface area contributed by atoms with E-state index >= 15 is 0 Å². The van der Waals surface area contributed by atoms with E-state index in [1.165, 1.54) is 0 Å². The average molecular weight is 366 g/mol. The van der Waals surface area contributed by atoms with Crippen LogP contribution in [0.15, 0.2) is 0 Å². The first-order valence-electron chi connectivity index (χ1n) is 10.5. The van der Waals surface area contributed by atoms with Crippen LogP contribution < -0.4 is 10.6 Å². The molecule has 1 heterocycles. The van der Waals surface area contributed by atoms with E-state index in [4.69, 9.17) is 4.74 Å². The van der Waals surface area contributed by atoms with Crippen LogP contribution in [0.25, 0.3) is 0 Å². The molecule has 2 saturated carbocycles. The highest BCUT2D eigenvalue weighted by atomic mass is 16.5. The maximum atomic E-state index is 12.5. The number of hydrogen-bond acceptors (Lipinski definition) is 4. The van der Waals surface area contributed by atoms with Gasteiger partial charge in [-0.05, 0) is 51.4 Å². The van der Waals surface area contributed by atoms with Crippen molar-refractivity contribution in [2.75, 3.05) is 19.7 Å². The van der Waals surface area contributed by atoms with Crippen molar-refractivity contribution in [2.24, 2.45) is 5.92 Å². The second kappa shape index (κ2) is 9.18. The molecule has 3 rings (SSSR count). The lowest BCUT2D eigenvalue weighted by Crippen LogP contribution is -2.54. The molecule has 3 atom stereocenters. The summed E-state index contributed by atoms with van der Waals surface area (Å²) in [5.41, 5.74) is 0. The number of amides is 2. The van der Waals surface area contributed by atoms with Gasteiger partial charge < -0.3 is 20.3 Å². The predicted octanol–water partition coefficient (Wildman–Crippen LogP) is 1.83. The van der Waals surface area contributed by atoms with Crippen LogP contribution in [0.2, 0.25) is 0 Å². The normalized spacial score (nSPS) is 30.2. The van der Waals surface area contributed by atoms with Crippen molar-refractivity contribution < 1.29 is 14.3 Å². The molecule has 6 nitrogen and oxygen atoms in total. The zero-order valence-corrected chi connectivity index (χ0v) is 16.3. The maximum Gasteiger partial charge on any atom is 0.223 e. The highest BCUT2D eigenvalue weighted by Crippen LogP contribution is 2.29. The van der Waals surface area contributed by atoms with Gasteiger partial charge in [0.15, 0.2) is 0 Å². The van der Waals surface area contributed by atoms with E-state index in [9.17, 15) is 9.59 Å². The van der Waals surface area contributed by atoms with E-state index in [0.717, 1.165) is 71.1 Å². The minimum absolute atomic E-state index is 0.104. The van der Waals surface area contributed by atoms with Gasteiger partial charge in [0, 0.05) is 50.7 Å². The number of ether oxygens (including phenoxy) is 1. The van der Waals surface area contributed by atoms with Crippen LogP contribution >= 0.6 is 0 Å². The molecular weight excluding hydrogens is 330 g/mol. The summed E-state index contributed by atoms with van der Waals surface area (Å²) in [6, 6.07) is 1.08. The zero-order valence-electron chi connectivity index (χ0n) is 16.3. The van der Waals surface area contributed by atoms with Gasteiger partial charge >= 0.3 is 0 Å². The van der Waals surface area contributed by atoms with Gasteiger partial charge in [-0.2, -0.15) is 0 Å². The third-order valence-corrected chi connectivity index (χ3v) is 6.01. The topological polar surface area (TPSA) is 70.7 Å². The van der Waals surface area contributed by atoms with Gasteiger partial charge in [0.25, 0.3) is 0 Å². The molecule has 0 aromatic heterocycles. The molecule has 0 radical (unpaired) electrons.